The maximum atomic E-state index is 12.0. The van der Waals surface area contributed by atoms with E-state index in [1.54, 1.807) is 31.4 Å². The first-order chi connectivity index (χ1) is 10.7. The van der Waals surface area contributed by atoms with Crippen LogP contribution in [-0.2, 0) is 9.47 Å². The summed E-state index contributed by atoms with van der Waals surface area (Å²) in [7, 11) is 1.60. The van der Waals surface area contributed by atoms with Crippen LogP contribution in [0.15, 0.2) is 24.3 Å². The van der Waals surface area contributed by atoms with Gasteiger partial charge in [-0.3, -0.25) is 0 Å². The Morgan fingerprint density at radius 1 is 1.36 bits per heavy atom. The molecule has 3 rings (SSSR count). The van der Waals surface area contributed by atoms with Gasteiger partial charge >= 0.3 is 5.97 Å². The maximum Gasteiger partial charge on any atom is 0.338 e. The molecule has 1 aromatic rings. The van der Waals surface area contributed by atoms with Gasteiger partial charge in [0.1, 0.15) is 12.4 Å². The van der Waals surface area contributed by atoms with Crippen LogP contribution < -0.4 is 10.1 Å². The maximum absolute atomic E-state index is 12.0. The molecule has 2 aliphatic rings. The average Bonchev–Trinajstić information content (AvgIpc) is 2.96. The zero-order chi connectivity index (χ0) is 15.4. The fraction of sp³-hybridized carbons (Fsp3) is 0.588. The summed E-state index contributed by atoms with van der Waals surface area (Å²) >= 11 is 0. The summed E-state index contributed by atoms with van der Waals surface area (Å²) in [6.07, 6.45) is 4.27. The van der Waals surface area contributed by atoms with Crippen LogP contribution in [0, 0.1) is 0 Å². The molecule has 2 atom stereocenters. The molecule has 1 N–H and O–H groups in total. The summed E-state index contributed by atoms with van der Waals surface area (Å²) in [6, 6.07) is 6.93. The monoisotopic (exact) mass is 305 g/mol. The molecule has 0 radical (unpaired) electrons. The van der Waals surface area contributed by atoms with E-state index in [2.05, 4.69) is 5.32 Å². The van der Waals surface area contributed by atoms with Gasteiger partial charge in [-0.05, 0) is 56.5 Å². The highest BCUT2D eigenvalue weighted by Crippen LogP contribution is 2.35. The van der Waals surface area contributed by atoms with E-state index in [0.29, 0.717) is 12.2 Å². The minimum Gasteiger partial charge on any atom is -0.497 e. The van der Waals surface area contributed by atoms with Crippen molar-refractivity contribution in [3.63, 3.8) is 0 Å². The third kappa shape index (κ3) is 3.42. The van der Waals surface area contributed by atoms with E-state index in [0.717, 1.165) is 44.5 Å². The number of piperidine rings is 1. The van der Waals surface area contributed by atoms with E-state index in [1.807, 2.05) is 0 Å². The van der Waals surface area contributed by atoms with Gasteiger partial charge in [0, 0.05) is 6.54 Å². The van der Waals surface area contributed by atoms with Crippen molar-refractivity contribution in [1.29, 1.82) is 0 Å². The summed E-state index contributed by atoms with van der Waals surface area (Å²) in [4.78, 5) is 12.0. The fourth-order valence-corrected chi connectivity index (χ4v) is 3.25. The number of rotatable bonds is 4. The number of ether oxygens (including phenoxy) is 3. The van der Waals surface area contributed by atoms with Crippen LogP contribution in [0.25, 0.3) is 0 Å². The third-order valence-corrected chi connectivity index (χ3v) is 4.50. The largest absolute Gasteiger partial charge is 0.497 e. The van der Waals surface area contributed by atoms with Crippen molar-refractivity contribution >= 4 is 5.97 Å². The Balaban J connectivity index is 1.49. The lowest BCUT2D eigenvalue weighted by Gasteiger charge is -2.33. The number of carbonyl (C=O) groups is 1. The van der Waals surface area contributed by atoms with Gasteiger partial charge in [0.05, 0.1) is 24.4 Å². The van der Waals surface area contributed by atoms with Crippen LogP contribution in [0.4, 0.5) is 0 Å². The minimum atomic E-state index is -0.311. The summed E-state index contributed by atoms with van der Waals surface area (Å²) in [5, 5.41) is 3.39. The van der Waals surface area contributed by atoms with Crippen molar-refractivity contribution in [3.05, 3.63) is 29.8 Å². The number of esters is 1. The van der Waals surface area contributed by atoms with Crippen LogP contribution in [-0.4, -0.2) is 44.5 Å². The topological polar surface area (TPSA) is 56.8 Å². The van der Waals surface area contributed by atoms with Crippen molar-refractivity contribution in [1.82, 2.24) is 5.32 Å². The second-order valence-electron chi connectivity index (χ2n) is 6.07. The van der Waals surface area contributed by atoms with E-state index < -0.39 is 0 Å². The van der Waals surface area contributed by atoms with Crippen molar-refractivity contribution in [2.75, 3.05) is 26.8 Å². The number of benzene rings is 1. The molecule has 2 heterocycles. The van der Waals surface area contributed by atoms with Gasteiger partial charge in [-0.25, -0.2) is 4.79 Å². The summed E-state index contributed by atoms with van der Waals surface area (Å²) < 4.78 is 16.6. The summed E-state index contributed by atoms with van der Waals surface area (Å²) in [5.41, 5.74) is 0.503. The normalized spacial score (nSPS) is 27.8. The first-order valence-electron chi connectivity index (χ1n) is 7.90. The SMILES string of the molecule is COc1ccc(C(=O)OCC2CCC3(CCCNC3)O2)cc1. The Bertz CT molecular complexity index is 508. The molecule has 2 fully saturated rings. The van der Waals surface area contributed by atoms with Crippen LogP contribution in [0.5, 0.6) is 5.75 Å². The van der Waals surface area contributed by atoms with Crippen molar-refractivity contribution in [2.45, 2.75) is 37.4 Å². The highest BCUT2D eigenvalue weighted by atomic mass is 16.6. The molecular formula is C17H23NO4. The fourth-order valence-electron chi connectivity index (χ4n) is 3.25. The van der Waals surface area contributed by atoms with E-state index in [1.165, 1.54) is 0 Å². The van der Waals surface area contributed by atoms with Gasteiger partial charge in [0.25, 0.3) is 0 Å². The molecule has 120 valence electrons. The lowest BCUT2D eigenvalue weighted by atomic mass is 9.91. The molecule has 1 spiro atoms. The van der Waals surface area contributed by atoms with Gasteiger partial charge in [0.2, 0.25) is 0 Å². The Labute approximate surface area is 130 Å². The Morgan fingerprint density at radius 2 is 2.18 bits per heavy atom. The molecule has 0 aliphatic carbocycles. The highest BCUT2D eigenvalue weighted by molar-refractivity contribution is 5.89. The number of nitrogens with one attached hydrogen (secondary N) is 1. The standard InChI is InChI=1S/C17H23NO4/c1-20-14-5-3-13(4-6-14)16(19)21-11-15-7-9-17(22-15)8-2-10-18-12-17/h3-6,15,18H,2,7-12H2,1H3. The Hall–Kier alpha value is -1.59. The summed E-state index contributed by atoms with van der Waals surface area (Å²) in [5.74, 6) is 0.413. The third-order valence-electron chi connectivity index (χ3n) is 4.50. The zero-order valence-electron chi connectivity index (χ0n) is 13.0. The molecule has 2 unspecified atom stereocenters. The van der Waals surface area contributed by atoms with Crippen LogP contribution in [0.2, 0.25) is 0 Å². The van der Waals surface area contributed by atoms with Crippen molar-refractivity contribution in [3.8, 4) is 5.75 Å². The lowest BCUT2D eigenvalue weighted by Crippen LogP contribution is -2.45. The predicted octanol–water partition coefficient (Wildman–Crippen LogP) is 2.15. The molecule has 0 saturated carbocycles. The molecule has 0 bridgehead atoms. The first kappa shape index (κ1) is 15.3. The molecule has 0 amide bonds. The van der Waals surface area contributed by atoms with Gasteiger partial charge in [-0.15, -0.1) is 0 Å². The molecule has 2 aliphatic heterocycles. The number of hydrogen-bond acceptors (Lipinski definition) is 5. The number of hydrogen-bond donors (Lipinski definition) is 1. The molecule has 0 aromatic heterocycles. The average molecular weight is 305 g/mol. The zero-order valence-corrected chi connectivity index (χ0v) is 13.0. The smallest absolute Gasteiger partial charge is 0.338 e. The quantitative estimate of drug-likeness (QED) is 0.864. The van der Waals surface area contributed by atoms with Gasteiger partial charge in [-0.1, -0.05) is 0 Å². The molecule has 2 saturated heterocycles. The van der Waals surface area contributed by atoms with Crippen LogP contribution in [0.3, 0.4) is 0 Å². The second-order valence-corrected chi connectivity index (χ2v) is 6.07. The lowest BCUT2D eigenvalue weighted by molar-refractivity contribution is -0.0736. The number of methoxy groups -OCH3 is 1. The van der Waals surface area contributed by atoms with Gasteiger partial charge in [-0.2, -0.15) is 0 Å². The molecule has 1 aromatic carbocycles. The van der Waals surface area contributed by atoms with Crippen LogP contribution in [0.1, 0.15) is 36.0 Å². The minimum absolute atomic E-state index is 0.0158. The molecule has 5 heteroatoms. The van der Waals surface area contributed by atoms with E-state index in [4.69, 9.17) is 14.2 Å². The highest BCUT2D eigenvalue weighted by Gasteiger charge is 2.41. The Morgan fingerprint density at radius 3 is 2.86 bits per heavy atom. The predicted molar refractivity (Wildman–Crippen MR) is 82.2 cm³/mol. The molecular weight excluding hydrogens is 282 g/mol. The van der Waals surface area contributed by atoms with Gasteiger partial charge in [0.15, 0.2) is 0 Å². The van der Waals surface area contributed by atoms with E-state index in [9.17, 15) is 4.79 Å². The van der Waals surface area contributed by atoms with Crippen LogP contribution >= 0.6 is 0 Å². The number of carbonyl (C=O) groups excluding carboxylic acids is 1. The molecule has 5 nitrogen and oxygen atoms in total. The van der Waals surface area contributed by atoms with E-state index >= 15 is 0 Å². The van der Waals surface area contributed by atoms with E-state index in [-0.39, 0.29) is 17.7 Å². The molecule has 22 heavy (non-hydrogen) atoms. The first-order valence-corrected chi connectivity index (χ1v) is 7.90. The van der Waals surface area contributed by atoms with Crippen molar-refractivity contribution < 1.29 is 19.0 Å². The van der Waals surface area contributed by atoms with Crippen molar-refractivity contribution in [2.24, 2.45) is 0 Å². The van der Waals surface area contributed by atoms with Gasteiger partial charge < -0.3 is 19.5 Å². The second kappa shape index (κ2) is 6.67. The Kier molecular flexibility index (Phi) is 4.64. The summed E-state index contributed by atoms with van der Waals surface area (Å²) in [6.45, 7) is 2.31.